The van der Waals surface area contributed by atoms with E-state index in [1.165, 1.54) is 37.6 Å². The predicted octanol–water partition coefficient (Wildman–Crippen LogP) is 5.82. The maximum absolute atomic E-state index is 6.78. The van der Waals surface area contributed by atoms with Crippen molar-refractivity contribution in [2.75, 3.05) is 47.7 Å². The predicted molar refractivity (Wildman–Crippen MR) is 138 cm³/mol. The van der Waals surface area contributed by atoms with Crippen LogP contribution in [0.3, 0.4) is 0 Å². The summed E-state index contributed by atoms with van der Waals surface area (Å²) in [5.74, 6) is 0.910. The van der Waals surface area contributed by atoms with Gasteiger partial charge in [0.05, 0.1) is 0 Å². The van der Waals surface area contributed by atoms with Crippen LogP contribution in [0.2, 0.25) is 0 Å². The van der Waals surface area contributed by atoms with Gasteiger partial charge in [0.2, 0.25) is 0 Å². The fourth-order valence-electron chi connectivity index (χ4n) is 5.27. The summed E-state index contributed by atoms with van der Waals surface area (Å²) in [6.45, 7) is 13.5. The number of para-hydroxylation sites is 2. The van der Waals surface area contributed by atoms with E-state index < -0.39 is 18.2 Å². The van der Waals surface area contributed by atoms with E-state index in [0.717, 1.165) is 33.0 Å². The van der Waals surface area contributed by atoms with Crippen molar-refractivity contribution in [2.45, 2.75) is 45.6 Å². The Hall–Kier alpha value is -1.56. The van der Waals surface area contributed by atoms with E-state index in [1.807, 2.05) is 0 Å². The molecule has 182 valence electrons. The van der Waals surface area contributed by atoms with Gasteiger partial charge >= 0.3 is 212 Å². The van der Waals surface area contributed by atoms with Crippen LogP contribution in [0.1, 0.15) is 56.2 Å². The molecule has 6 heteroatoms. The number of morpholine rings is 1. The Labute approximate surface area is 210 Å². The first kappa shape index (κ1) is 23.2. The molecule has 0 aromatic heterocycles. The van der Waals surface area contributed by atoms with E-state index in [2.05, 4.69) is 90.9 Å². The van der Waals surface area contributed by atoms with Gasteiger partial charge in [-0.15, -0.1) is 0 Å². The van der Waals surface area contributed by atoms with Gasteiger partial charge < -0.3 is 0 Å². The molecule has 3 heterocycles. The summed E-state index contributed by atoms with van der Waals surface area (Å²) in [7, 11) is 6.78. The molecular formula is C27H33AuClN3O-2. The van der Waals surface area contributed by atoms with Gasteiger partial charge in [-0.2, -0.15) is 0 Å². The first-order valence-corrected chi connectivity index (χ1v) is 15.6. The van der Waals surface area contributed by atoms with E-state index in [-0.39, 0.29) is 6.04 Å². The number of ether oxygens (including phenoxy) is 1. The van der Waals surface area contributed by atoms with Gasteiger partial charge in [0, 0.05) is 0 Å². The minimum absolute atomic E-state index is 0.221. The second-order valence-electron chi connectivity index (χ2n) is 9.59. The van der Waals surface area contributed by atoms with Crippen LogP contribution in [0.5, 0.6) is 0 Å². The minimum atomic E-state index is -0.471. The van der Waals surface area contributed by atoms with Gasteiger partial charge in [-0.3, -0.25) is 0 Å². The average Bonchev–Trinajstić information content (AvgIpc) is 3.22. The number of fused-ring (bicyclic) bond motifs is 3. The molecule has 2 fully saturated rings. The van der Waals surface area contributed by atoms with Crippen molar-refractivity contribution in [3.63, 3.8) is 0 Å². The standard InChI is InChI=1S/C27H33N3O.Au.ClH/c1-19(2)23-8-6-9-24(20(3)4)27(23)29-17-22-12-11-21-7-5-10-25(26(21)30(22)18-29)28-13-15-31-16-14-28;;/h5-12,19-20,22H,13-16,18H2,1-4H3;;1H/q;-1;/p-1. The molecular weight excluding hydrogens is 615 g/mol. The molecule has 2 aromatic rings. The first-order chi connectivity index (χ1) is 16.0. The van der Waals surface area contributed by atoms with Crippen molar-refractivity contribution in [2.24, 2.45) is 0 Å². The van der Waals surface area contributed by atoms with Crippen LogP contribution in [0.4, 0.5) is 17.1 Å². The molecule has 0 saturated carbocycles. The van der Waals surface area contributed by atoms with Crippen molar-refractivity contribution < 1.29 is 22.9 Å². The van der Waals surface area contributed by atoms with E-state index in [4.69, 9.17) is 13.9 Å². The third kappa shape index (κ3) is 4.11. The van der Waals surface area contributed by atoms with Crippen LogP contribution >= 0.6 is 9.19 Å². The van der Waals surface area contributed by atoms with Gasteiger partial charge in [-0.1, -0.05) is 0 Å². The maximum atomic E-state index is 6.78. The van der Waals surface area contributed by atoms with E-state index >= 15 is 0 Å². The third-order valence-electron chi connectivity index (χ3n) is 6.90. The van der Waals surface area contributed by atoms with Crippen LogP contribution in [-0.2, 0) is 22.9 Å². The third-order valence-corrected chi connectivity index (χ3v) is 9.50. The Morgan fingerprint density at radius 3 is 2.24 bits per heavy atom. The normalized spacial score (nSPS) is 21.8. The summed E-state index contributed by atoms with van der Waals surface area (Å²) >= 11 is -0.471. The molecule has 0 aliphatic carbocycles. The zero-order valence-electron chi connectivity index (χ0n) is 19.8. The summed E-state index contributed by atoms with van der Waals surface area (Å²) in [5, 5.41) is 0. The van der Waals surface area contributed by atoms with Crippen molar-refractivity contribution >= 4 is 36.2 Å². The number of benzene rings is 2. The van der Waals surface area contributed by atoms with Crippen LogP contribution in [0.15, 0.2) is 42.5 Å². The zero-order chi connectivity index (χ0) is 23.1. The van der Waals surface area contributed by atoms with Crippen molar-refractivity contribution in [1.29, 1.82) is 0 Å². The van der Waals surface area contributed by atoms with Crippen LogP contribution in [0.25, 0.3) is 6.08 Å². The molecule has 33 heavy (non-hydrogen) atoms. The van der Waals surface area contributed by atoms with E-state index in [0.29, 0.717) is 11.8 Å². The molecule has 3 aliphatic rings. The molecule has 5 rings (SSSR count). The summed E-state index contributed by atoms with van der Waals surface area (Å²) in [6.07, 6.45) is 4.66. The number of hydrogen-bond donors (Lipinski definition) is 0. The van der Waals surface area contributed by atoms with Crippen molar-refractivity contribution in [1.82, 2.24) is 0 Å². The fourth-order valence-corrected chi connectivity index (χ4v) is 7.73. The monoisotopic (exact) mass is 647 g/mol. The summed E-state index contributed by atoms with van der Waals surface area (Å²) in [5.41, 5.74) is 8.16. The quantitative estimate of drug-likeness (QED) is 0.390. The molecule has 2 saturated heterocycles. The van der Waals surface area contributed by atoms with Crippen LogP contribution in [0, 0.1) is 0 Å². The molecule has 2 aromatic carbocycles. The molecule has 4 nitrogen and oxygen atoms in total. The second kappa shape index (κ2) is 9.59. The first-order valence-electron chi connectivity index (χ1n) is 11.9. The molecule has 0 bridgehead atoms. The number of hydrogen-bond acceptors (Lipinski definition) is 4. The Morgan fingerprint density at radius 1 is 0.939 bits per heavy atom. The van der Waals surface area contributed by atoms with Gasteiger partial charge in [0.25, 0.3) is 0 Å². The Kier molecular flexibility index (Phi) is 6.74. The molecule has 0 spiro atoms. The van der Waals surface area contributed by atoms with Gasteiger partial charge in [-0.25, -0.2) is 0 Å². The molecule has 1 unspecified atom stereocenters. The Bertz CT molecular complexity index is 1060. The van der Waals surface area contributed by atoms with Crippen LogP contribution < -0.4 is 14.7 Å². The molecule has 3 aliphatic heterocycles. The van der Waals surface area contributed by atoms with Gasteiger partial charge in [0.15, 0.2) is 0 Å². The van der Waals surface area contributed by atoms with Crippen LogP contribution in [-0.4, -0.2) is 42.9 Å². The van der Waals surface area contributed by atoms with E-state index in [9.17, 15) is 0 Å². The number of rotatable bonds is 4. The Balaban J connectivity index is 1.62. The number of nitrogens with zero attached hydrogens (tertiary/aromatic N) is 3. The summed E-state index contributed by atoms with van der Waals surface area (Å²) in [4.78, 5) is 7.62. The number of anilines is 3. The van der Waals surface area contributed by atoms with Crippen molar-refractivity contribution in [3.8, 4) is 0 Å². The van der Waals surface area contributed by atoms with Gasteiger partial charge in [0.1, 0.15) is 0 Å². The molecule has 0 N–H and O–H groups in total. The topological polar surface area (TPSA) is 19.0 Å². The van der Waals surface area contributed by atoms with Crippen molar-refractivity contribution in [3.05, 3.63) is 59.2 Å². The van der Waals surface area contributed by atoms with Gasteiger partial charge in [-0.05, 0) is 0 Å². The molecule has 0 radical (unpaired) electrons. The average molecular weight is 648 g/mol. The zero-order valence-corrected chi connectivity index (χ0v) is 22.7. The molecule has 0 amide bonds. The molecule has 1 atom stereocenters. The summed E-state index contributed by atoms with van der Waals surface area (Å²) < 4.78 is 7.00. The fraction of sp³-hybridized carbons (Fsp3) is 0.444. The SMILES string of the molecule is CC(C)c1cccc(C(C)C)c1N1CN2c3c(cccc3N3CCOCC3)C=CC2[C]1=[Au-2][Cl]. The second-order valence-corrected chi connectivity index (χ2v) is 12.0. The number of halogens is 1. The van der Waals surface area contributed by atoms with E-state index in [1.54, 1.807) is 0 Å². The Morgan fingerprint density at radius 2 is 1.61 bits per heavy atom. The summed E-state index contributed by atoms with van der Waals surface area (Å²) in [6, 6.07) is 13.7.